The van der Waals surface area contributed by atoms with Crippen LogP contribution in [0.3, 0.4) is 0 Å². The summed E-state index contributed by atoms with van der Waals surface area (Å²) >= 11 is 0. The number of rotatable bonds is 7. The lowest BCUT2D eigenvalue weighted by molar-refractivity contribution is 0.0834. The SMILES string of the molecule is CCCNCc1ccc(CN2CCN(CC)C(C)C2)cc1. The van der Waals surface area contributed by atoms with E-state index in [4.69, 9.17) is 0 Å². The summed E-state index contributed by atoms with van der Waals surface area (Å²) in [7, 11) is 0. The summed E-state index contributed by atoms with van der Waals surface area (Å²) < 4.78 is 0. The Morgan fingerprint density at radius 2 is 1.81 bits per heavy atom. The summed E-state index contributed by atoms with van der Waals surface area (Å²) in [6.07, 6.45) is 1.19. The fourth-order valence-electron chi connectivity index (χ4n) is 3.11. The van der Waals surface area contributed by atoms with E-state index in [2.05, 4.69) is 60.2 Å². The van der Waals surface area contributed by atoms with Crippen molar-refractivity contribution in [3.8, 4) is 0 Å². The Hall–Kier alpha value is -0.900. The molecular weight excluding hydrogens is 258 g/mol. The third-order valence-electron chi connectivity index (χ3n) is 4.44. The van der Waals surface area contributed by atoms with Crippen molar-refractivity contribution in [1.82, 2.24) is 15.1 Å². The second-order valence-electron chi connectivity index (χ2n) is 6.21. The van der Waals surface area contributed by atoms with Crippen molar-refractivity contribution in [1.29, 1.82) is 0 Å². The van der Waals surface area contributed by atoms with Crippen molar-refractivity contribution in [2.24, 2.45) is 0 Å². The molecule has 1 saturated heterocycles. The normalized spacial score (nSPS) is 20.8. The summed E-state index contributed by atoms with van der Waals surface area (Å²) in [5.41, 5.74) is 2.82. The van der Waals surface area contributed by atoms with Crippen molar-refractivity contribution in [3.05, 3.63) is 35.4 Å². The Morgan fingerprint density at radius 1 is 1.10 bits per heavy atom. The molecule has 0 radical (unpaired) electrons. The monoisotopic (exact) mass is 289 g/mol. The Labute approximate surface area is 130 Å². The van der Waals surface area contributed by atoms with Gasteiger partial charge in [0.05, 0.1) is 0 Å². The second-order valence-corrected chi connectivity index (χ2v) is 6.21. The van der Waals surface area contributed by atoms with Gasteiger partial charge in [0.15, 0.2) is 0 Å². The molecule has 0 amide bonds. The molecule has 1 N–H and O–H groups in total. The number of benzene rings is 1. The predicted octanol–water partition coefficient (Wildman–Crippen LogP) is 2.71. The van der Waals surface area contributed by atoms with Crippen molar-refractivity contribution in [3.63, 3.8) is 0 Å². The van der Waals surface area contributed by atoms with Gasteiger partial charge >= 0.3 is 0 Å². The Bertz CT molecular complexity index is 401. The van der Waals surface area contributed by atoms with E-state index in [0.29, 0.717) is 6.04 Å². The molecule has 2 rings (SSSR count). The minimum atomic E-state index is 0.682. The summed E-state index contributed by atoms with van der Waals surface area (Å²) in [5, 5.41) is 3.45. The zero-order chi connectivity index (χ0) is 15.1. The molecule has 118 valence electrons. The van der Waals surface area contributed by atoms with Gasteiger partial charge in [-0.15, -0.1) is 0 Å². The summed E-state index contributed by atoms with van der Waals surface area (Å²) in [6, 6.07) is 9.80. The molecule has 0 aliphatic carbocycles. The predicted molar refractivity (Wildman–Crippen MR) is 90.4 cm³/mol. The zero-order valence-corrected chi connectivity index (χ0v) is 13.9. The lowest BCUT2D eigenvalue weighted by atomic mass is 10.1. The summed E-state index contributed by atoms with van der Waals surface area (Å²) in [4.78, 5) is 5.15. The third-order valence-corrected chi connectivity index (χ3v) is 4.44. The van der Waals surface area contributed by atoms with Gasteiger partial charge in [-0.2, -0.15) is 0 Å². The Morgan fingerprint density at radius 3 is 2.43 bits per heavy atom. The molecule has 1 aromatic carbocycles. The highest BCUT2D eigenvalue weighted by Gasteiger charge is 2.21. The van der Waals surface area contributed by atoms with Crippen molar-refractivity contribution >= 4 is 0 Å². The van der Waals surface area contributed by atoms with Gasteiger partial charge in [-0.05, 0) is 37.6 Å². The van der Waals surface area contributed by atoms with Crippen molar-refractivity contribution < 1.29 is 0 Å². The van der Waals surface area contributed by atoms with E-state index in [1.807, 2.05) is 0 Å². The van der Waals surface area contributed by atoms with Gasteiger partial charge in [0.2, 0.25) is 0 Å². The first-order valence-corrected chi connectivity index (χ1v) is 8.47. The standard InChI is InChI=1S/C18H31N3/c1-4-10-19-13-17-6-8-18(9-7-17)15-20-11-12-21(5-2)16(3)14-20/h6-9,16,19H,4-5,10-15H2,1-3H3. The topological polar surface area (TPSA) is 18.5 Å². The zero-order valence-electron chi connectivity index (χ0n) is 13.9. The fraction of sp³-hybridized carbons (Fsp3) is 0.667. The molecule has 1 atom stereocenters. The highest BCUT2D eigenvalue weighted by Crippen LogP contribution is 2.13. The highest BCUT2D eigenvalue weighted by molar-refractivity contribution is 5.22. The van der Waals surface area contributed by atoms with Crippen LogP contribution in [-0.2, 0) is 13.1 Å². The van der Waals surface area contributed by atoms with E-state index in [-0.39, 0.29) is 0 Å². The Kier molecular flexibility index (Phi) is 6.68. The minimum Gasteiger partial charge on any atom is -0.313 e. The maximum Gasteiger partial charge on any atom is 0.0234 e. The van der Waals surface area contributed by atoms with Gasteiger partial charge in [0.25, 0.3) is 0 Å². The molecular formula is C18H31N3. The van der Waals surface area contributed by atoms with Crippen LogP contribution >= 0.6 is 0 Å². The average molecular weight is 289 g/mol. The maximum atomic E-state index is 3.45. The molecule has 0 spiro atoms. The molecule has 1 heterocycles. The van der Waals surface area contributed by atoms with Crippen LogP contribution in [0.4, 0.5) is 0 Å². The van der Waals surface area contributed by atoms with Crippen LogP contribution in [0, 0.1) is 0 Å². The lowest BCUT2D eigenvalue weighted by Gasteiger charge is -2.39. The van der Waals surface area contributed by atoms with Crippen LogP contribution < -0.4 is 5.32 Å². The number of piperazine rings is 1. The van der Waals surface area contributed by atoms with Crippen LogP contribution in [0.25, 0.3) is 0 Å². The molecule has 3 nitrogen and oxygen atoms in total. The molecule has 1 aliphatic rings. The van der Waals surface area contributed by atoms with E-state index in [1.54, 1.807) is 0 Å². The van der Waals surface area contributed by atoms with E-state index < -0.39 is 0 Å². The van der Waals surface area contributed by atoms with Crippen LogP contribution in [0.2, 0.25) is 0 Å². The quantitative estimate of drug-likeness (QED) is 0.779. The van der Waals surface area contributed by atoms with Crippen LogP contribution in [0.5, 0.6) is 0 Å². The molecule has 0 bridgehead atoms. The van der Waals surface area contributed by atoms with Gasteiger partial charge in [0, 0.05) is 38.8 Å². The molecule has 21 heavy (non-hydrogen) atoms. The van der Waals surface area contributed by atoms with E-state index in [1.165, 1.54) is 43.7 Å². The van der Waals surface area contributed by atoms with Gasteiger partial charge in [-0.1, -0.05) is 38.1 Å². The van der Waals surface area contributed by atoms with Crippen LogP contribution in [0.1, 0.15) is 38.3 Å². The van der Waals surface area contributed by atoms with Crippen molar-refractivity contribution in [2.45, 2.75) is 46.3 Å². The number of hydrogen-bond acceptors (Lipinski definition) is 3. The molecule has 1 unspecified atom stereocenters. The molecule has 0 saturated carbocycles. The Balaban J connectivity index is 1.80. The maximum absolute atomic E-state index is 3.45. The summed E-state index contributed by atoms with van der Waals surface area (Å²) in [5.74, 6) is 0. The van der Waals surface area contributed by atoms with E-state index in [9.17, 15) is 0 Å². The number of hydrogen-bond donors (Lipinski definition) is 1. The average Bonchev–Trinajstić information content (AvgIpc) is 2.49. The number of likely N-dealkylation sites (N-methyl/N-ethyl adjacent to an activating group) is 1. The molecule has 1 aliphatic heterocycles. The lowest BCUT2D eigenvalue weighted by Crippen LogP contribution is -2.51. The van der Waals surface area contributed by atoms with Gasteiger partial charge in [0.1, 0.15) is 0 Å². The van der Waals surface area contributed by atoms with Crippen LogP contribution in [0.15, 0.2) is 24.3 Å². The first-order chi connectivity index (χ1) is 10.2. The van der Waals surface area contributed by atoms with Crippen molar-refractivity contribution in [2.75, 3.05) is 32.7 Å². The molecule has 0 aromatic heterocycles. The number of nitrogens with one attached hydrogen (secondary N) is 1. The number of nitrogens with zero attached hydrogens (tertiary/aromatic N) is 2. The summed E-state index contributed by atoms with van der Waals surface area (Å²) in [6.45, 7) is 14.7. The van der Waals surface area contributed by atoms with Gasteiger partial charge in [-0.3, -0.25) is 9.80 Å². The smallest absolute Gasteiger partial charge is 0.0234 e. The fourth-order valence-corrected chi connectivity index (χ4v) is 3.11. The largest absolute Gasteiger partial charge is 0.313 e. The van der Waals surface area contributed by atoms with Crippen LogP contribution in [-0.4, -0.2) is 48.6 Å². The highest BCUT2D eigenvalue weighted by atomic mass is 15.3. The molecule has 1 fully saturated rings. The van der Waals surface area contributed by atoms with Gasteiger partial charge in [-0.25, -0.2) is 0 Å². The molecule has 3 heteroatoms. The van der Waals surface area contributed by atoms with E-state index in [0.717, 1.165) is 19.6 Å². The third kappa shape index (κ3) is 5.10. The second kappa shape index (κ2) is 8.52. The first kappa shape index (κ1) is 16.5. The van der Waals surface area contributed by atoms with Gasteiger partial charge < -0.3 is 5.32 Å². The first-order valence-electron chi connectivity index (χ1n) is 8.47. The van der Waals surface area contributed by atoms with E-state index >= 15 is 0 Å². The minimum absolute atomic E-state index is 0.682. The molecule has 1 aromatic rings.